The SMILES string of the molecule is COC1=CCOC1C(C)C. The smallest absolute Gasteiger partial charge is 0.123 e. The lowest BCUT2D eigenvalue weighted by atomic mass is 10.1. The maximum atomic E-state index is 5.40. The molecule has 1 rings (SSSR count). The van der Waals surface area contributed by atoms with Crippen molar-refractivity contribution in [2.75, 3.05) is 13.7 Å². The van der Waals surface area contributed by atoms with Gasteiger partial charge in [-0.2, -0.15) is 0 Å². The van der Waals surface area contributed by atoms with Crippen molar-refractivity contribution in [3.8, 4) is 0 Å². The van der Waals surface area contributed by atoms with E-state index in [2.05, 4.69) is 13.8 Å². The fourth-order valence-corrected chi connectivity index (χ4v) is 1.15. The molecule has 0 bridgehead atoms. The quantitative estimate of drug-likeness (QED) is 0.582. The molecule has 0 aliphatic carbocycles. The Balaban J connectivity index is 2.54. The van der Waals surface area contributed by atoms with Crippen LogP contribution in [0.1, 0.15) is 13.8 Å². The molecule has 1 unspecified atom stereocenters. The molecule has 1 heterocycles. The molecule has 0 radical (unpaired) electrons. The van der Waals surface area contributed by atoms with Crippen LogP contribution in [0.5, 0.6) is 0 Å². The van der Waals surface area contributed by atoms with Crippen LogP contribution in [0.4, 0.5) is 0 Å². The second kappa shape index (κ2) is 3.06. The predicted octanol–water partition coefficient (Wildman–Crippen LogP) is 1.57. The maximum Gasteiger partial charge on any atom is 0.123 e. The van der Waals surface area contributed by atoms with Gasteiger partial charge in [0.15, 0.2) is 0 Å². The number of hydrogen-bond donors (Lipinski definition) is 0. The van der Waals surface area contributed by atoms with Crippen LogP contribution in [-0.4, -0.2) is 19.8 Å². The molecule has 1 atom stereocenters. The van der Waals surface area contributed by atoms with Crippen LogP contribution in [-0.2, 0) is 9.47 Å². The first-order valence-corrected chi connectivity index (χ1v) is 3.61. The van der Waals surface area contributed by atoms with Crippen molar-refractivity contribution in [1.82, 2.24) is 0 Å². The van der Waals surface area contributed by atoms with E-state index in [0.29, 0.717) is 12.5 Å². The second-order valence-electron chi connectivity index (χ2n) is 2.81. The Morgan fingerprint density at radius 1 is 1.70 bits per heavy atom. The van der Waals surface area contributed by atoms with E-state index >= 15 is 0 Å². The molecule has 0 saturated heterocycles. The molecule has 0 amide bonds. The van der Waals surface area contributed by atoms with Crippen molar-refractivity contribution in [1.29, 1.82) is 0 Å². The first-order valence-electron chi connectivity index (χ1n) is 3.61. The molecular weight excluding hydrogens is 128 g/mol. The lowest BCUT2D eigenvalue weighted by Gasteiger charge is -2.16. The van der Waals surface area contributed by atoms with Gasteiger partial charge in [-0.15, -0.1) is 0 Å². The predicted molar refractivity (Wildman–Crippen MR) is 39.7 cm³/mol. The van der Waals surface area contributed by atoms with Crippen molar-refractivity contribution in [3.05, 3.63) is 11.8 Å². The first kappa shape index (κ1) is 7.61. The standard InChI is InChI=1S/C8H14O2/c1-6(2)8-7(9-3)4-5-10-8/h4,6,8H,5H2,1-3H3. The average Bonchev–Trinajstić information content (AvgIpc) is 2.33. The van der Waals surface area contributed by atoms with Gasteiger partial charge in [-0.25, -0.2) is 0 Å². The van der Waals surface area contributed by atoms with Crippen molar-refractivity contribution < 1.29 is 9.47 Å². The molecule has 0 aromatic carbocycles. The van der Waals surface area contributed by atoms with Crippen molar-refractivity contribution in [3.63, 3.8) is 0 Å². The number of rotatable bonds is 2. The van der Waals surface area contributed by atoms with Gasteiger partial charge in [-0.05, 0) is 12.0 Å². The van der Waals surface area contributed by atoms with Crippen LogP contribution in [0.2, 0.25) is 0 Å². The minimum absolute atomic E-state index is 0.185. The maximum absolute atomic E-state index is 5.40. The average molecular weight is 142 g/mol. The van der Waals surface area contributed by atoms with E-state index in [1.807, 2.05) is 6.08 Å². The van der Waals surface area contributed by atoms with Crippen LogP contribution >= 0.6 is 0 Å². The largest absolute Gasteiger partial charge is 0.499 e. The Morgan fingerprint density at radius 3 is 2.80 bits per heavy atom. The molecule has 0 aromatic heterocycles. The summed E-state index contributed by atoms with van der Waals surface area (Å²) in [5.74, 6) is 1.49. The van der Waals surface area contributed by atoms with E-state index in [0.717, 1.165) is 5.76 Å². The van der Waals surface area contributed by atoms with Gasteiger partial charge in [0, 0.05) is 0 Å². The van der Waals surface area contributed by atoms with E-state index in [1.54, 1.807) is 7.11 Å². The van der Waals surface area contributed by atoms with Crippen LogP contribution < -0.4 is 0 Å². The van der Waals surface area contributed by atoms with Gasteiger partial charge >= 0.3 is 0 Å². The zero-order valence-electron chi connectivity index (χ0n) is 6.76. The fraction of sp³-hybridized carbons (Fsp3) is 0.750. The van der Waals surface area contributed by atoms with E-state index in [4.69, 9.17) is 9.47 Å². The molecule has 1 aliphatic rings. The number of hydrogen-bond acceptors (Lipinski definition) is 2. The Kier molecular flexibility index (Phi) is 2.33. The monoisotopic (exact) mass is 142 g/mol. The molecule has 58 valence electrons. The van der Waals surface area contributed by atoms with Crippen LogP contribution in [0.25, 0.3) is 0 Å². The summed E-state index contributed by atoms with van der Waals surface area (Å²) in [6.45, 7) is 4.96. The Morgan fingerprint density at radius 2 is 2.40 bits per heavy atom. The van der Waals surface area contributed by atoms with Gasteiger partial charge in [0.05, 0.1) is 13.7 Å². The molecule has 1 aliphatic heterocycles. The zero-order valence-corrected chi connectivity index (χ0v) is 6.76. The van der Waals surface area contributed by atoms with E-state index in [1.165, 1.54) is 0 Å². The minimum Gasteiger partial charge on any atom is -0.499 e. The summed E-state index contributed by atoms with van der Waals surface area (Å²) in [5, 5.41) is 0. The summed E-state index contributed by atoms with van der Waals surface area (Å²) in [6.07, 6.45) is 2.18. The molecule has 2 heteroatoms. The molecule has 10 heavy (non-hydrogen) atoms. The lowest BCUT2D eigenvalue weighted by molar-refractivity contribution is 0.0536. The summed E-state index contributed by atoms with van der Waals surface area (Å²) >= 11 is 0. The molecule has 0 saturated carbocycles. The highest BCUT2D eigenvalue weighted by Crippen LogP contribution is 2.21. The number of methoxy groups -OCH3 is 1. The summed E-state index contributed by atoms with van der Waals surface area (Å²) < 4.78 is 10.5. The summed E-state index contributed by atoms with van der Waals surface area (Å²) in [5.41, 5.74) is 0. The Hall–Kier alpha value is -0.500. The van der Waals surface area contributed by atoms with Gasteiger partial charge < -0.3 is 9.47 Å². The molecule has 0 fully saturated rings. The van der Waals surface area contributed by atoms with Crippen LogP contribution in [0.15, 0.2) is 11.8 Å². The number of ether oxygens (including phenoxy) is 2. The summed E-state index contributed by atoms with van der Waals surface area (Å²) in [6, 6.07) is 0. The molecule has 0 spiro atoms. The van der Waals surface area contributed by atoms with Gasteiger partial charge in [0.2, 0.25) is 0 Å². The Bertz CT molecular complexity index is 138. The van der Waals surface area contributed by atoms with Crippen molar-refractivity contribution in [2.24, 2.45) is 5.92 Å². The normalized spacial score (nSPS) is 25.2. The highest BCUT2D eigenvalue weighted by Gasteiger charge is 2.23. The molecular formula is C8H14O2. The summed E-state index contributed by atoms with van der Waals surface area (Å²) in [4.78, 5) is 0. The fourth-order valence-electron chi connectivity index (χ4n) is 1.15. The summed E-state index contributed by atoms with van der Waals surface area (Å²) in [7, 11) is 1.69. The van der Waals surface area contributed by atoms with E-state index < -0.39 is 0 Å². The third-order valence-electron chi connectivity index (χ3n) is 1.68. The first-order chi connectivity index (χ1) is 4.75. The molecule has 2 nitrogen and oxygen atoms in total. The zero-order chi connectivity index (χ0) is 7.56. The van der Waals surface area contributed by atoms with Crippen molar-refractivity contribution >= 4 is 0 Å². The van der Waals surface area contributed by atoms with Gasteiger partial charge in [0.1, 0.15) is 11.9 Å². The molecule has 0 N–H and O–H groups in total. The Labute approximate surface area is 61.8 Å². The van der Waals surface area contributed by atoms with Crippen LogP contribution in [0, 0.1) is 5.92 Å². The van der Waals surface area contributed by atoms with Gasteiger partial charge in [0.25, 0.3) is 0 Å². The third-order valence-corrected chi connectivity index (χ3v) is 1.68. The topological polar surface area (TPSA) is 18.5 Å². The second-order valence-corrected chi connectivity index (χ2v) is 2.81. The van der Waals surface area contributed by atoms with E-state index in [-0.39, 0.29) is 6.10 Å². The van der Waals surface area contributed by atoms with E-state index in [9.17, 15) is 0 Å². The van der Waals surface area contributed by atoms with Gasteiger partial charge in [-0.3, -0.25) is 0 Å². The van der Waals surface area contributed by atoms with Crippen LogP contribution in [0.3, 0.4) is 0 Å². The third kappa shape index (κ3) is 1.32. The highest BCUT2D eigenvalue weighted by atomic mass is 16.5. The highest BCUT2D eigenvalue weighted by molar-refractivity contribution is 5.06. The van der Waals surface area contributed by atoms with Gasteiger partial charge in [-0.1, -0.05) is 13.8 Å². The molecule has 0 aromatic rings. The lowest BCUT2D eigenvalue weighted by Crippen LogP contribution is -2.18. The minimum atomic E-state index is 0.185. The van der Waals surface area contributed by atoms with Crippen molar-refractivity contribution in [2.45, 2.75) is 20.0 Å².